The molecule has 0 fully saturated rings. The molecule has 0 spiro atoms. The predicted molar refractivity (Wildman–Crippen MR) is 104 cm³/mol. The van der Waals surface area contributed by atoms with Crippen molar-refractivity contribution < 1.29 is 19.1 Å². The molecule has 0 aliphatic rings. The second-order valence-electron chi connectivity index (χ2n) is 6.64. The summed E-state index contributed by atoms with van der Waals surface area (Å²) in [6.45, 7) is 6.33. The Balaban J connectivity index is 0.00000625. The minimum atomic E-state index is -0.479. The lowest BCUT2D eigenvalue weighted by Gasteiger charge is -2.31. The van der Waals surface area contributed by atoms with Gasteiger partial charge >= 0.3 is 0 Å². The van der Waals surface area contributed by atoms with Crippen molar-refractivity contribution in [3.05, 3.63) is 23.8 Å². The van der Waals surface area contributed by atoms with Crippen molar-refractivity contribution in [1.29, 1.82) is 0 Å². The SMILES string of the molecule is CNC(=O)COc1ccc(C(=O)NC(C)(CN)CC(C)C)cc1OC.Cl. The van der Waals surface area contributed by atoms with Crippen LogP contribution in [0.25, 0.3) is 0 Å². The largest absolute Gasteiger partial charge is 0.493 e. The van der Waals surface area contributed by atoms with Crippen LogP contribution in [0.1, 0.15) is 37.6 Å². The Bertz CT molecular complexity index is 610. The summed E-state index contributed by atoms with van der Waals surface area (Å²) in [6.07, 6.45) is 0.777. The Morgan fingerprint density at radius 3 is 2.42 bits per heavy atom. The number of likely N-dealkylation sites (N-methyl/N-ethyl adjacent to an activating group) is 1. The van der Waals surface area contributed by atoms with Crippen molar-refractivity contribution >= 4 is 24.2 Å². The molecule has 0 radical (unpaired) electrons. The fourth-order valence-electron chi connectivity index (χ4n) is 2.58. The van der Waals surface area contributed by atoms with Gasteiger partial charge in [-0.2, -0.15) is 0 Å². The highest BCUT2D eigenvalue weighted by Gasteiger charge is 2.26. The molecule has 1 rings (SSSR count). The number of nitrogens with two attached hydrogens (primary N) is 1. The number of carbonyl (C=O) groups is 2. The van der Waals surface area contributed by atoms with E-state index >= 15 is 0 Å². The van der Waals surface area contributed by atoms with Crippen molar-refractivity contribution in [3.8, 4) is 11.5 Å². The Morgan fingerprint density at radius 1 is 1.27 bits per heavy atom. The highest BCUT2D eigenvalue weighted by molar-refractivity contribution is 5.95. The molecule has 0 aliphatic carbocycles. The number of methoxy groups -OCH3 is 1. The van der Waals surface area contributed by atoms with Gasteiger partial charge in [0, 0.05) is 24.7 Å². The van der Waals surface area contributed by atoms with Crippen LogP contribution in [0.15, 0.2) is 18.2 Å². The van der Waals surface area contributed by atoms with Crippen LogP contribution in [0.3, 0.4) is 0 Å². The lowest BCUT2D eigenvalue weighted by molar-refractivity contribution is -0.122. The molecule has 1 aromatic rings. The summed E-state index contributed by atoms with van der Waals surface area (Å²) in [4.78, 5) is 23.9. The molecule has 7 nitrogen and oxygen atoms in total. The molecular formula is C18H30ClN3O4. The van der Waals surface area contributed by atoms with Crippen LogP contribution in [-0.2, 0) is 4.79 Å². The molecule has 148 valence electrons. The van der Waals surface area contributed by atoms with Gasteiger partial charge in [0.2, 0.25) is 0 Å². The molecule has 1 atom stereocenters. The monoisotopic (exact) mass is 387 g/mol. The predicted octanol–water partition coefficient (Wildman–Crippen LogP) is 1.74. The van der Waals surface area contributed by atoms with E-state index in [1.165, 1.54) is 14.2 Å². The average Bonchev–Trinajstić information content (AvgIpc) is 2.58. The van der Waals surface area contributed by atoms with Crippen molar-refractivity contribution in [2.45, 2.75) is 32.7 Å². The maximum atomic E-state index is 12.6. The van der Waals surface area contributed by atoms with Crippen LogP contribution in [0.5, 0.6) is 11.5 Å². The van der Waals surface area contributed by atoms with Crippen molar-refractivity contribution in [1.82, 2.24) is 10.6 Å². The van der Waals surface area contributed by atoms with Crippen molar-refractivity contribution in [2.75, 3.05) is 27.3 Å². The minimum Gasteiger partial charge on any atom is -0.493 e. The summed E-state index contributed by atoms with van der Waals surface area (Å²) in [6, 6.07) is 4.82. The molecule has 2 amide bonds. The van der Waals surface area contributed by atoms with E-state index < -0.39 is 5.54 Å². The third kappa shape index (κ3) is 7.09. The molecule has 1 aromatic carbocycles. The number of amides is 2. The van der Waals surface area contributed by atoms with E-state index in [1.54, 1.807) is 18.2 Å². The normalized spacial score (nSPS) is 12.6. The van der Waals surface area contributed by atoms with E-state index in [-0.39, 0.29) is 30.8 Å². The summed E-state index contributed by atoms with van der Waals surface area (Å²) >= 11 is 0. The molecular weight excluding hydrogens is 358 g/mol. The van der Waals surface area contributed by atoms with Gasteiger partial charge in [-0.15, -0.1) is 12.4 Å². The van der Waals surface area contributed by atoms with Crippen LogP contribution in [0, 0.1) is 5.92 Å². The first-order valence-electron chi connectivity index (χ1n) is 8.28. The average molecular weight is 388 g/mol. The van der Waals surface area contributed by atoms with Crippen molar-refractivity contribution in [2.24, 2.45) is 11.7 Å². The molecule has 0 saturated carbocycles. The maximum absolute atomic E-state index is 12.6. The standard InChI is InChI=1S/C18H29N3O4.ClH/c1-12(2)9-18(3,11-19)21-17(23)13-6-7-14(15(8-13)24-5)25-10-16(22)20-4;/h6-8,12H,9-11,19H2,1-5H3,(H,20,22)(H,21,23);1H. The third-order valence-electron chi connectivity index (χ3n) is 3.79. The van der Waals surface area contributed by atoms with Gasteiger partial charge in [0.15, 0.2) is 18.1 Å². The highest BCUT2D eigenvalue weighted by Crippen LogP contribution is 2.28. The minimum absolute atomic E-state index is 0. The van der Waals surface area contributed by atoms with E-state index in [0.29, 0.717) is 29.5 Å². The quantitative estimate of drug-likeness (QED) is 0.598. The summed E-state index contributed by atoms with van der Waals surface area (Å²) in [5, 5.41) is 5.47. The first kappa shape index (κ1) is 24.0. The number of halogens is 1. The molecule has 0 heterocycles. The molecule has 1 unspecified atom stereocenters. The Labute approximate surface area is 161 Å². The van der Waals surface area contributed by atoms with Gasteiger partial charge in [-0.3, -0.25) is 9.59 Å². The van der Waals surface area contributed by atoms with Crippen molar-refractivity contribution in [3.63, 3.8) is 0 Å². The maximum Gasteiger partial charge on any atom is 0.257 e. The summed E-state index contributed by atoms with van der Waals surface area (Å²) < 4.78 is 10.7. The van der Waals surface area contributed by atoms with E-state index in [1.807, 2.05) is 6.92 Å². The number of carbonyl (C=O) groups excluding carboxylic acids is 2. The number of benzene rings is 1. The van der Waals surface area contributed by atoms with Gasteiger partial charge in [0.05, 0.1) is 7.11 Å². The van der Waals surface area contributed by atoms with E-state index in [4.69, 9.17) is 15.2 Å². The van der Waals surface area contributed by atoms with Crippen LogP contribution >= 0.6 is 12.4 Å². The molecule has 0 aliphatic heterocycles. The summed E-state index contributed by atoms with van der Waals surface area (Å²) in [5.74, 6) is 0.700. The molecule has 0 saturated heterocycles. The van der Waals surface area contributed by atoms with Gasteiger partial charge in [-0.1, -0.05) is 13.8 Å². The smallest absolute Gasteiger partial charge is 0.257 e. The third-order valence-corrected chi connectivity index (χ3v) is 3.79. The summed E-state index contributed by atoms with van der Waals surface area (Å²) in [5.41, 5.74) is 5.80. The Kier molecular flexibility index (Phi) is 10.0. The second-order valence-corrected chi connectivity index (χ2v) is 6.64. The molecule has 8 heteroatoms. The lowest BCUT2D eigenvalue weighted by Crippen LogP contribution is -2.52. The van der Waals surface area contributed by atoms with Crippen LogP contribution in [0.4, 0.5) is 0 Å². The fraction of sp³-hybridized carbons (Fsp3) is 0.556. The zero-order valence-corrected chi connectivity index (χ0v) is 16.9. The molecule has 0 aromatic heterocycles. The Hall–Kier alpha value is -1.99. The zero-order chi connectivity index (χ0) is 19.0. The topological polar surface area (TPSA) is 103 Å². The number of rotatable bonds is 9. The first-order chi connectivity index (χ1) is 11.7. The first-order valence-corrected chi connectivity index (χ1v) is 8.28. The molecule has 4 N–H and O–H groups in total. The van der Waals surface area contributed by atoms with Crippen LogP contribution in [0.2, 0.25) is 0 Å². The highest BCUT2D eigenvalue weighted by atomic mass is 35.5. The lowest BCUT2D eigenvalue weighted by atomic mass is 9.90. The summed E-state index contributed by atoms with van der Waals surface area (Å²) in [7, 11) is 3.01. The van der Waals surface area contributed by atoms with Gasteiger partial charge in [0.25, 0.3) is 11.8 Å². The molecule has 0 bridgehead atoms. The Morgan fingerprint density at radius 2 is 1.92 bits per heavy atom. The van der Waals surface area contributed by atoms with Crippen LogP contribution in [-0.4, -0.2) is 44.7 Å². The van der Waals surface area contributed by atoms with E-state index in [9.17, 15) is 9.59 Å². The van der Waals surface area contributed by atoms with Gasteiger partial charge in [-0.05, 0) is 37.5 Å². The molecule has 26 heavy (non-hydrogen) atoms. The number of hydrogen-bond donors (Lipinski definition) is 3. The van der Waals surface area contributed by atoms with Gasteiger partial charge in [0.1, 0.15) is 0 Å². The van der Waals surface area contributed by atoms with E-state index in [0.717, 1.165) is 6.42 Å². The zero-order valence-electron chi connectivity index (χ0n) is 16.0. The van der Waals surface area contributed by atoms with Gasteiger partial charge < -0.3 is 25.8 Å². The van der Waals surface area contributed by atoms with E-state index in [2.05, 4.69) is 24.5 Å². The number of hydrogen-bond acceptors (Lipinski definition) is 5. The number of ether oxygens (including phenoxy) is 2. The van der Waals surface area contributed by atoms with Crippen LogP contribution < -0.4 is 25.8 Å². The number of nitrogens with one attached hydrogen (secondary N) is 2. The second kappa shape index (κ2) is 10.9. The van der Waals surface area contributed by atoms with Gasteiger partial charge in [-0.25, -0.2) is 0 Å². The fourth-order valence-corrected chi connectivity index (χ4v) is 2.58.